The molecule has 4 heteroatoms. The molecule has 1 aromatic carbocycles. The van der Waals surface area contributed by atoms with Gasteiger partial charge >= 0.3 is 0 Å². The van der Waals surface area contributed by atoms with Crippen LogP contribution in [0.25, 0.3) is 10.2 Å². The van der Waals surface area contributed by atoms with E-state index in [9.17, 15) is 0 Å². The van der Waals surface area contributed by atoms with E-state index in [0.717, 1.165) is 18.6 Å². The Morgan fingerprint density at radius 3 is 3.22 bits per heavy atom. The van der Waals surface area contributed by atoms with Gasteiger partial charge in [-0.3, -0.25) is 0 Å². The van der Waals surface area contributed by atoms with Crippen molar-refractivity contribution >= 4 is 27.2 Å². The van der Waals surface area contributed by atoms with Crippen LogP contribution >= 0.6 is 11.3 Å². The number of hydrogen-bond acceptors (Lipinski definition) is 4. The van der Waals surface area contributed by atoms with Gasteiger partial charge in [0.05, 0.1) is 15.7 Å². The number of anilines is 1. The molecular weight excluding hydrogens is 242 g/mol. The summed E-state index contributed by atoms with van der Waals surface area (Å²) >= 11 is 1.72. The quantitative estimate of drug-likeness (QED) is 0.901. The van der Waals surface area contributed by atoms with Crippen LogP contribution in [0, 0.1) is 0 Å². The van der Waals surface area contributed by atoms with Crippen molar-refractivity contribution in [1.29, 1.82) is 0 Å². The van der Waals surface area contributed by atoms with Crippen molar-refractivity contribution in [3.05, 3.63) is 23.7 Å². The van der Waals surface area contributed by atoms with Crippen LogP contribution in [-0.4, -0.2) is 30.2 Å². The fourth-order valence-electron chi connectivity index (χ4n) is 2.66. The van der Waals surface area contributed by atoms with Crippen LogP contribution in [0.5, 0.6) is 0 Å². The number of benzene rings is 1. The average molecular weight is 261 g/mol. The molecule has 2 aromatic rings. The van der Waals surface area contributed by atoms with Crippen LogP contribution in [0.4, 0.5) is 5.69 Å². The van der Waals surface area contributed by atoms with Gasteiger partial charge in [0.2, 0.25) is 0 Å². The van der Waals surface area contributed by atoms with Crippen molar-refractivity contribution < 1.29 is 0 Å². The predicted octanol–water partition coefficient (Wildman–Crippen LogP) is 2.87. The molecule has 0 bridgehead atoms. The number of fused-ring (bicyclic) bond motifs is 1. The number of thiazole rings is 1. The molecule has 0 spiro atoms. The molecule has 1 aliphatic heterocycles. The van der Waals surface area contributed by atoms with Crippen molar-refractivity contribution in [3.8, 4) is 0 Å². The highest BCUT2D eigenvalue weighted by atomic mass is 32.1. The number of nitrogens with one attached hydrogen (secondary N) is 1. The summed E-state index contributed by atoms with van der Waals surface area (Å²) in [4.78, 5) is 6.89. The fourth-order valence-corrected chi connectivity index (χ4v) is 3.37. The average Bonchev–Trinajstić information content (AvgIpc) is 2.85. The Bertz CT molecular complexity index is 537. The summed E-state index contributed by atoms with van der Waals surface area (Å²) < 4.78 is 1.29. The van der Waals surface area contributed by atoms with Crippen molar-refractivity contribution in [3.63, 3.8) is 0 Å². The maximum absolute atomic E-state index is 4.35. The molecular formula is C14H19N3S. The standard InChI is InChI=1S/C14H19N3S/c1-3-11-7-15-10(2)8-17(11)12-4-5-13-14(6-12)18-9-16-13/h4-6,9-11,15H,3,7-8H2,1-2H3. The minimum atomic E-state index is 0.560. The van der Waals surface area contributed by atoms with Gasteiger partial charge in [0.1, 0.15) is 0 Å². The first-order valence-corrected chi connectivity index (χ1v) is 7.49. The molecule has 0 amide bonds. The summed E-state index contributed by atoms with van der Waals surface area (Å²) in [5.41, 5.74) is 4.37. The molecule has 2 atom stereocenters. The first-order chi connectivity index (χ1) is 8.78. The third-order valence-corrected chi connectivity index (χ3v) is 4.52. The Balaban J connectivity index is 1.95. The lowest BCUT2D eigenvalue weighted by atomic mass is 10.1. The third-order valence-electron chi connectivity index (χ3n) is 3.73. The zero-order valence-electron chi connectivity index (χ0n) is 10.9. The van der Waals surface area contributed by atoms with Crippen LogP contribution in [0.1, 0.15) is 20.3 Å². The molecule has 96 valence electrons. The highest BCUT2D eigenvalue weighted by molar-refractivity contribution is 7.16. The van der Waals surface area contributed by atoms with Gasteiger partial charge in [0.25, 0.3) is 0 Å². The van der Waals surface area contributed by atoms with E-state index in [1.807, 2.05) is 5.51 Å². The van der Waals surface area contributed by atoms with Crippen LogP contribution in [-0.2, 0) is 0 Å². The van der Waals surface area contributed by atoms with Crippen LogP contribution in [0.2, 0.25) is 0 Å². The Morgan fingerprint density at radius 2 is 2.39 bits per heavy atom. The minimum absolute atomic E-state index is 0.560. The second kappa shape index (κ2) is 4.86. The largest absolute Gasteiger partial charge is 0.366 e. The Morgan fingerprint density at radius 1 is 1.50 bits per heavy atom. The SMILES string of the molecule is CCC1CNC(C)CN1c1ccc2ncsc2c1. The van der Waals surface area contributed by atoms with Crippen molar-refractivity contribution in [2.45, 2.75) is 32.4 Å². The third kappa shape index (κ3) is 2.10. The van der Waals surface area contributed by atoms with E-state index in [-0.39, 0.29) is 0 Å². The number of rotatable bonds is 2. The number of nitrogens with zero attached hydrogens (tertiary/aromatic N) is 2. The molecule has 1 N–H and O–H groups in total. The summed E-state index contributed by atoms with van der Waals surface area (Å²) in [6.07, 6.45) is 1.18. The zero-order chi connectivity index (χ0) is 12.5. The first-order valence-electron chi connectivity index (χ1n) is 6.61. The van der Waals surface area contributed by atoms with Gasteiger partial charge in [-0.2, -0.15) is 0 Å². The summed E-state index contributed by atoms with van der Waals surface area (Å²) in [5, 5.41) is 3.56. The van der Waals surface area contributed by atoms with E-state index in [4.69, 9.17) is 0 Å². The molecule has 1 aliphatic rings. The lowest BCUT2D eigenvalue weighted by Gasteiger charge is -2.40. The first kappa shape index (κ1) is 11.9. The fraction of sp³-hybridized carbons (Fsp3) is 0.500. The lowest BCUT2D eigenvalue weighted by Crippen LogP contribution is -2.55. The molecule has 0 radical (unpaired) electrons. The van der Waals surface area contributed by atoms with Crippen molar-refractivity contribution in [1.82, 2.24) is 10.3 Å². The Labute approximate surface area is 112 Å². The Hall–Kier alpha value is -1.13. The topological polar surface area (TPSA) is 28.2 Å². The van der Waals surface area contributed by atoms with Gasteiger partial charge in [-0.05, 0) is 31.5 Å². The molecule has 18 heavy (non-hydrogen) atoms. The van der Waals surface area contributed by atoms with Crippen molar-refractivity contribution in [2.24, 2.45) is 0 Å². The molecule has 0 aliphatic carbocycles. The highest BCUT2D eigenvalue weighted by Crippen LogP contribution is 2.27. The molecule has 3 nitrogen and oxygen atoms in total. The van der Waals surface area contributed by atoms with E-state index >= 15 is 0 Å². The van der Waals surface area contributed by atoms with Gasteiger partial charge in [0.15, 0.2) is 0 Å². The molecule has 1 fully saturated rings. The molecule has 1 aromatic heterocycles. The second-order valence-corrected chi connectivity index (χ2v) is 5.91. The lowest BCUT2D eigenvalue weighted by molar-refractivity contribution is 0.402. The summed E-state index contributed by atoms with van der Waals surface area (Å²) in [7, 11) is 0. The predicted molar refractivity (Wildman–Crippen MR) is 78.5 cm³/mol. The number of hydrogen-bond donors (Lipinski definition) is 1. The summed E-state index contributed by atoms with van der Waals surface area (Å²) in [6.45, 7) is 6.69. The minimum Gasteiger partial charge on any atom is -0.366 e. The van der Waals surface area contributed by atoms with Gasteiger partial charge in [0, 0.05) is 30.9 Å². The molecule has 0 saturated carbocycles. The zero-order valence-corrected chi connectivity index (χ0v) is 11.7. The van der Waals surface area contributed by atoms with Crippen LogP contribution < -0.4 is 10.2 Å². The summed E-state index contributed by atoms with van der Waals surface area (Å²) in [6, 6.07) is 7.80. The van der Waals surface area contributed by atoms with Gasteiger partial charge in [-0.25, -0.2) is 4.98 Å². The maximum atomic E-state index is 4.35. The maximum Gasteiger partial charge on any atom is 0.0813 e. The normalized spacial score (nSPS) is 24.7. The van der Waals surface area contributed by atoms with Gasteiger partial charge in [-0.15, -0.1) is 11.3 Å². The second-order valence-electron chi connectivity index (χ2n) is 5.03. The summed E-state index contributed by atoms with van der Waals surface area (Å²) in [5.74, 6) is 0. The molecule has 1 saturated heterocycles. The van der Waals surface area contributed by atoms with Crippen LogP contribution in [0.15, 0.2) is 23.7 Å². The van der Waals surface area contributed by atoms with Crippen molar-refractivity contribution in [2.75, 3.05) is 18.0 Å². The van der Waals surface area contributed by atoms with E-state index in [1.165, 1.54) is 16.8 Å². The number of aromatic nitrogens is 1. The molecule has 3 rings (SSSR count). The van der Waals surface area contributed by atoms with E-state index in [2.05, 4.69) is 47.2 Å². The molecule has 2 unspecified atom stereocenters. The van der Waals surface area contributed by atoms with Gasteiger partial charge < -0.3 is 10.2 Å². The Kier molecular flexibility index (Phi) is 3.22. The number of piperazine rings is 1. The van der Waals surface area contributed by atoms with Gasteiger partial charge in [-0.1, -0.05) is 6.92 Å². The van der Waals surface area contributed by atoms with E-state index in [0.29, 0.717) is 12.1 Å². The molecule has 2 heterocycles. The van der Waals surface area contributed by atoms with E-state index < -0.39 is 0 Å². The van der Waals surface area contributed by atoms with Crippen LogP contribution in [0.3, 0.4) is 0 Å². The van der Waals surface area contributed by atoms with E-state index in [1.54, 1.807) is 11.3 Å². The monoisotopic (exact) mass is 261 g/mol. The smallest absolute Gasteiger partial charge is 0.0813 e. The highest BCUT2D eigenvalue weighted by Gasteiger charge is 2.24.